The van der Waals surface area contributed by atoms with Crippen LogP contribution in [-0.2, 0) is 19.0 Å². The van der Waals surface area contributed by atoms with Crippen molar-refractivity contribution in [3.63, 3.8) is 0 Å². The Bertz CT molecular complexity index is 419. The molecule has 0 aromatic heterocycles. The van der Waals surface area contributed by atoms with Crippen molar-refractivity contribution in [2.24, 2.45) is 0 Å². The summed E-state index contributed by atoms with van der Waals surface area (Å²) in [4.78, 5) is 14.7. The van der Waals surface area contributed by atoms with Gasteiger partial charge in [0.1, 0.15) is 11.6 Å². The molecule has 7 nitrogen and oxygen atoms in total. The van der Waals surface area contributed by atoms with Crippen molar-refractivity contribution in [3.05, 3.63) is 23.4 Å². The van der Waals surface area contributed by atoms with Crippen LogP contribution in [0.5, 0.6) is 0 Å². The first-order valence-electron chi connectivity index (χ1n) is 6.51. The Morgan fingerprint density at radius 2 is 1.64 bits per heavy atom. The van der Waals surface area contributed by atoms with E-state index in [-0.39, 0.29) is 12.0 Å². The van der Waals surface area contributed by atoms with E-state index in [1.807, 2.05) is 44.1 Å². The predicted molar refractivity (Wildman–Crippen MR) is 84.6 cm³/mol. The number of esters is 1. The van der Waals surface area contributed by atoms with Gasteiger partial charge in [0.2, 0.25) is 6.41 Å². The van der Waals surface area contributed by atoms with E-state index in [9.17, 15) is 4.79 Å². The summed E-state index contributed by atoms with van der Waals surface area (Å²) in [5.74, 6) is -0.603. The van der Waals surface area contributed by atoms with Crippen molar-refractivity contribution in [1.29, 1.82) is 5.26 Å². The second kappa shape index (κ2) is 12.8. The van der Waals surface area contributed by atoms with E-state index in [1.54, 1.807) is 33.4 Å². The molecule has 0 saturated carbocycles. The van der Waals surface area contributed by atoms with Crippen LogP contribution in [-0.4, -0.2) is 71.7 Å². The number of rotatable bonds is 6. The second-order valence-corrected chi connectivity index (χ2v) is 4.68. The van der Waals surface area contributed by atoms with Gasteiger partial charge in [0.15, 0.2) is 0 Å². The number of ether oxygens (including phenoxy) is 3. The van der Waals surface area contributed by atoms with Crippen molar-refractivity contribution in [3.8, 4) is 6.07 Å². The quantitative estimate of drug-likeness (QED) is 0.240. The molecule has 0 bridgehead atoms. The van der Waals surface area contributed by atoms with Crippen molar-refractivity contribution < 1.29 is 19.0 Å². The Hall–Kier alpha value is -1.88. The third kappa shape index (κ3) is 9.94. The molecule has 0 saturated heterocycles. The Kier molecular flexibility index (Phi) is 13.1. The molecule has 0 spiro atoms. The van der Waals surface area contributed by atoms with Gasteiger partial charge in [0, 0.05) is 28.3 Å². The molecular formula is C15H27N3O4. The van der Waals surface area contributed by atoms with Crippen molar-refractivity contribution in [2.75, 3.05) is 49.5 Å². The average Bonchev–Trinajstić information content (AvgIpc) is 2.47. The smallest absolute Gasteiger partial charge is 0.348 e. The lowest BCUT2D eigenvalue weighted by Crippen LogP contribution is -2.30. The number of allylic oxidation sites excluding steroid dienone is 2. The molecule has 0 aliphatic carbocycles. The highest BCUT2D eigenvalue weighted by Crippen LogP contribution is 2.06. The zero-order chi connectivity index (χ0) is 17.7. The molecule has 0 atom stereocenters. The standard InChI is InChI=1S/C10H14N2O2.C5H13NO2/c1-8(5-6-12(2)3)9(7-11)10(13)14-4;1-6(2)5(7-3)8-4/h5-6H,1-4H3;5H,1-4H3. The van der Waals surface area contributed by atoms with Crippen LogP contribution in [0.4, 0.5) is 0 Å². The lowest BCUT2D eigenvalue weighted by Gasteiger charge is -2.19. The van der Waals surface area contributed by atoms with E-state index in [0.717, 1.165) is 0 Å². The molecule has 126 valence electrons. The molecule has 0 amide bonds. The molecule has 7 heteroatoms. The average molecular weight is 313 g/mol. The van der Waals surface area contributed by atoms with Gasteiger partial charge in [-0.3, -0.25) is 4.90 Å². The van der Waals surface area contributed by atoms with Crippen LogP contribution in [0, 0.1) is 11.3 Å². The summed E-state index contributed by atoms with van der Waals surface area (Å²) in [5.41, 5.74) is 0.624. The van der Waals surface area contributed by atoms with E-state index < -0.39 is 5.97 Å². The van der Waals surface area contributed by atoms with Crippen LogP contribution in [0.1, 0.15) is 6.92 Å². The monoisotopic (exact) mass is 313 g/mol. The summed E-state index contributed by atoms with van der Waals surface area (Å²) in [6, 6.07) is 1.81. The highest BCUT2D eigenvalue weighted by Gasteiger charge is 2.10. The number of hydrogen-bond donors (Lipinski definition) is 0. The number of nitriles is 1. The molecule has 0 aromatic carbocycles. The minimum Gasteiger partial charge on any atom is -0.465 e. The second-order valence-electron chi connectivity index (χ2n) is 4.68. The van der Waals surface area contributed by atoms with Crippen molar-refractivity contribution >= 4 is 5.97 Å². The molecular weight excluding hydrogens is 286 g/mol. The zero-order valence-electron chi connectivity index (χ0n) is 14.7. The van der Waals surface area contributed by atoms with Crippen molar-refractivity contribution in [1.82, 2.24) is 9.80 Å². The first-order valence-corrected chi connectivity index (χ1v) is 6.51. The maximum absolute atomic E-state index is 11.1. The van der Waals surface area contributed by atoms with Gasteiger partial charge in [-0.15, -0.1) is 0 Å². The third-order valence-corrected chi connectivity index (χ3v) is 2.34. The maximum Gasteiger partial charge on any atom is 0.348 e. The Balaban J connectivity index is 0. The number of hydrogen-bond acceptors (Lipinski definition) is 7. The fourth-order valence-corrected chi connectivity index (χ4v) is 1.26. The Labute approximate surface area is 133 Å². The topological polar surface area (TPSA) is 75.0 Å². The lowest BCUT2D eigenvalue weighted by atomic mass is 10.1. The van der Waals surface area contributed by atoms with Gasteiger partial charge in [0.05, 0.1) is 7.11 Å². The van der Waals surface area contributed by atoms with E-state index in [2.05, 4.69) is 4.74 Å². The molecule has 22 heavy (non-hydrogen) atoms. The molecule has 0 rings (SSSR count). The highest BCUT2D eigenvalue weighted by molar-refractivity contribution is 5.93. The molecule has 0 radical (unpaired) electrons. The first kappa shape index (κ1) is 22.4. The normalized spacial score (nSPS) is 11.7. The lowest BCUT2D eigenvalue weighted by molar-refractivity contribution is -0.179. The van der Waals surface area contributed by atoms with Gasteiger partial charge < -0.3 is 19.1 Å². The number of nitrogens with zero attached hydrogens (tertiary/aromatic N) is 3. The van der Waals surface area contributed by atoms with E-state index in [1.165, 1.54) is 7.11 Å². The van der Waals surface area contributed by atoms with E-state index in [0.29, 0.717) is 5.57 Å². The minimum atomic E-state index is -0.603. The van der Waals surface area contributed by atoms with E-state index in [4.69, 9.17) is 14.7 Å². The summed E-state index contributed by atoms with van der Waals surface area (Å²) in [7, 11) is 11.9. The molecule has 0 unspecified atom stereocenters. The van der Waals surface area contributed by atoms with Gasteiger partial charge in [0.25, 0.3) is 0 Å². The van der Waals surface area contributed by atoms with Crippen LogP contribution >= 0.6 is 0 Å². The van der Waals surface area contributed by atoms with E-state index >= 15 is 0 Å². The summed E-state index contributed by atoms with van der Waals surface area (Å²) in [5, 5.41) is 8.71. The molecule has 0 fully saturated rings. The molecule has 0 aliphatic heterocycles. The molecule has 0 heterocycles. The van der Waals surface area contributed by atoms with Crippen LogP contribution in [0.3, 0.4) is 0 Å². The summed E-state index contributed by atoms with van der Waals surface area (Å²) in [6.45, 7) is 1.69. The maximum atomic E-state index is 11.1. The fraction of sp³-hybridized carbons (Fsp3) is 0.600. The van der Waals surface area contributed by atoms with Gasteiger partial charge in [-0.25, -0.2) is 4.79 Å². The fourth-order valence-electron chi connectivity index (χ4n) is 1.26. The van der Waals surface area contributed by atoms with Gasteiger partial charge in [-0.2, -0.15) is 5.26 Å². The van der Waals surface area contributed by atoms with Gasteiger partial charge in [-0.05, 0) is 38.9 Å². The zero-order valence-corrected chi connectivity index (χ0v) is 14.7. The molecule has 0 aliphatic rings. The predicted octanol–water partition coefficient (Wildman–Crippen LogP) is 1.20. The van der Waals surface area contributed by atoms with Crippen LogP contribution < -0.4 is 0 Å². The molecule has 0 N–H and O–H groups in total. The highest BCUT2D eigenvalue weighted by atomic mass is 16.7. The van der Waals surface area contributed by atoms with Crippen molar-refractivity contribution in [2.45, 2.75) is 13.3 Å². The van der Waals surface area contributed by atoms with Crippen LogP contribution in [0.15, 0.2) is 23.4 Å². The van der Waals surface area contributed by atoms with Gasteiger partial charge in [-0.1, -0.05) is 0 Å². The summed E-state index contributed by atoms with van der Waals surface area (Å²) < 4.78 is 14.2. The molecule has 0 aromatic rings. The number of methoxy groups -OCH3 is 3. The summed E-state index contributed by atoms with van der Waals surface area (Å²) >= 11 is 0. The Morgan fingerprint density at radius 3 is 1.86 bits per heavy atom. The minimum absolute atomic E-state index is 0.0330. The first-order chi connectivity index (χ1) is 10.2. The van der Waals surface area contributed by atoms with Gasteiger partial charge >= 0.3 is 5.97 Å². The third-order valence-electron chi connectivity index (χ3n) is 2.34. The SMILES string of the molecule is COC(=O)C(C#N)=C(C)C=CN(C)C.COC(OC)N(C)C. The van der Waals surface area contributed by atoms with Crippen LogP contribution in [0.25, 0.3) is 0 Å². The van der Waals surface area contributed by atoms with Crippen LogP contribution in [0.2, 0.25) is 0 Å². The number of carbonyl (C=O) groups excluding carboxylic acids is 1. The largest absolute Gasteiger partial charge is 0.465 e. The number of carbonyl (C=O) groups is 1. The Morgan fingerprint density at radius 1 is 1.14 bits per heavy atom. The summed E-state index contributed by atoms with van der Waals surface area (Å²) in [6.07, 6.45) is 3.24.